The van der Waals surface area contributed by atoms with Crippen molar-refractivity contribution in [2.75, 3.05) is 25.5 Å². The summed E-state index contributed by atoms with van der Waals surface area (Å²) >= 11 is 0. The number of halogens is 1. The number of benzene rings is 2. The van der Waals surface area contributed by atoms with Gasteiger partial charge in [0.1, 0.15) is 11.6 Å². The molecule has 1 aliphatic heterocycles. The van der Waals surface area contributed by atoms with E-state index in [-0.39, 0.29) is 11.4 Å². The van der Waals surface area contributed by atoms with Crippen LogP contribution in [-0.4, -0.2) is 43.3 Å². The Hall–Kier alpha value is -2.84. The minimum absolute atomic E-state index is 0.0792. The average Bonchev–Trinajstić information content (AvgIpc) is 2.73. The van der Waals surface area contributed by atoms with Gasteiger partial charge in [-0.05, 0) is 24.3 Å². The molecule has 0 N–H and O–H groups in total. The summed E-state index contributed by atoms with van der Waals surface area (Å²) in [5, 5.41) is 0. The van der Waals surface area contributed by atoms with Gasteiger partial charge in [0.05, 0.1) is 10.6 Å². The summed E-state index contributed by atoms with van der Waals surface area (Å²) in [6, 6.07) is 14.6. The van der Waals surface area contributed by atoms with Crippen molar-refractivity contribution in [3.05, 3.63) is 71.7 Å². The maximum absolute atomic E-state index is 13.2. The Bertz CT molecular complexity index is 1130. The Kier molecular flexibility index (Phi) is 5.06. The van der Waals surface area contributed by atoms with E-state index in [0.717, 1.165) is 29.0 Å². The van der Waals surface area contributed by atoms with Crippen LogP contribution in [0.15, 0.2) is 59.5 Å². The Morgan fingerprint density at radius 3 is 2.34 bits per heavy atom. The maximum Gasteiger partial charge on any atom is 0.243 e. The highest BCUT2D eigenvalue weighted by Gasteiger charge is 2.31. The molecule has 8 heteroatoms. The molecule has 150 valence electrons. The second-order valence-electron chi connectivity index (χ2n) is 7.10. The van der Waals surface area contributed by atoms with Gasteiger partial charge >= 0.3 is 0 Å². The largest absolute Gasteiger partial charge is 0.362 e. The average molecular weight is 412 g/mol. The molecular formula is C21H21FN4O2S. The molecule has 1 aliphatic rings. The van der Waals surface area contributed by atoms with Crippen molar-refractivity contribution in [2.45, 2.75) is 17.9 Å². The van der Waals surface area contributed by atoms with Crippen LogP contribution in [0.2, 0.25) is 0 Å². The van der Waals surface area contributed by atoms with Crippen LogP contribution < -0.4 is 4.90 Å². The van der Waals surface area contributed by atoms with Gasteiger partial charge in [0.25, 0.3) is 0 Å². The standard InChI is InChI=1S/C21H21FN4O2S/c1-25(2)21-18-14-26(29(27,28)17-10-8-16(22)9-11-17)13-12-19(18)23-20(24-21)15-6-4-3-5-7-15/h3-11H,12-14H2,1-2H3. The predicted octanol–water partition coefficient (Wildman–Crippen LogP) is 3.10. The Morgan fingerprint density at radius 2 is 1.69 bits per heavy atom. The van der Waals surface area contributed by atoms with Gasteiger partial charge in [0.15, 0.2) is 5.82 Å². The molecule has 0 unspecified atom stereocenters. The molecule has 1 aromatic heterocycles. The zero-order valence-corrected chi connectivity index (χ0v) is 17.0. The van der Waals surface area contributed by atoms with Gasteiger partial charge in [-0.25, -0.2) is 22.8 Å². The zero-order chi connectivity index (χ0) is 20.6. The molecular weight excluding hydrogens is 391 g/mol. The number of rotatable bonds is 4. The third-order valence-electron chi connectivity index (χ3n) is 4.91. The molecule has 0 amide bonds. The van der Waals surface area contributed by atoms with E-state index in [1.165, 1.54) is 16.4 Å². The normalized spacial score (nSPS) is 14.4. The molecule has 0 fully saturated rings. The van der Waals surface area contributed by atoms with Gasteiger partial charge in [-0.1, -0.05) is 30.3 Å². The van der Waals surface area contributed by atoms with E-state index in [4.69, 9.17) is 9.97 Å². The molecule has 0 spiro atoms. The summed E-state index contributed by atoms with van der Waals surface area (Å²) in [5.74, 6) is 0.862. The van der Waals surface area contributed by atoms with Crippen molar-refractivity contribution in [1.29, 1.82) is 0 Å². The first-order valence-electron chi connectivity index (χ1n) is 9.24. The van der Waals surface area contributed by atoms with Crippen LogP contribution in [0.4, 0.5) is 10.2 Å². The first-order chi connectivity index (χ1) is 13.9. The van der Waals surface area contributed by atoms with E-state index in [2.05, 4.69) is 0 Å². The fourth-order valence-corrected chi connectivity index (χ4v) is 4.83. The van der Waals surface area contributed by atoms with Crippen LogP contribution in [0.5, 0.6) is 0 Å². The molecule has 0 atom stereocenters. The van der Waals surface area contributed by atoms with Crippen molar-refractivity contribution in [3.63, 3.8) is 0 Å². The lowest BCUT2D eigenvalue weighted by Gasteiger charge is -2.30. The summed E-state index contributed by atoms with van der Waals surface area (Å²) in [5.41, 5.74) is 2.57. The number of aromatic nitrogens is 2. The SMILES string of the molecule is CN(C)c1nc(-c2ccccc2)nc2c1CN(S(=O)(=O)c1ccc(F)cc1)CC2. The van der Waals surface area contributed by atoms with E-state index in [1.807, 2.05) is 49.3 Å². The van der Waals surface area contributed by atoms with E-state index in [9.17, 15) is 12.8 Å². The number of nitrogens with zero attached hydrogens (tertiary/aromatic N) is 4. The molecule has 2 aromatic carbocycles. The second-order valence-corrected chi connectivity index (χ2v) is 9.04. The number of hydrogen-bond donors (Lipinski definition) is 0. The number of anilines is 1. The van der Waals surface area contributed by atoms with Crippen LogP contribution in [0.3, 0.4) is 0 Å². The Labute approximate surface area is 169 Å². The molecule has 0 aliphatic carbocycles. The molecule has 2 heterocycles. The maximum atomic E-state index is 13.2. The van der Waals surface area contributed by atoms with Crippen molar-refractivity contribution in [2.24, 2.45) is 0 Å². The molecule has 3 aromatic rings. The summed E-state index contributed by atoms with van der Waals surface area (Å²) in [6.45, 7) is 0.489. The van der Waals surface area contributed by atoms with Crippen LogP contribution in [0, 0.1) is 5.82 Å². The lowest BCUT2D eigenvalue weighted by Crippen LogP contribution is -2.37. The van der Waals surface area contributed by atoms with Crippen LogP contribution in [0.25, 0.3) is 11.4 Å². The minimum Gasteiger partial charge on any atom is -0.362 e. The van der Waals surface area contributed by atoms with Gasteiger partial charge in [-0.3, -0.25) is 0 Å². The van der Waals surface area contributed by atoms with Gasteiger partial charge in [0, 0.05) is 44.7 Å². The third kappa shape index (κ3) is 3.73. The molecule has 0 saturated carbocycles. The highest BCUT2D eigenvalue weighted by molar-refractivity contribution is 7.89. The predicted molar refractivity (Wildman–Crippen MR) is 109 cm³/mol. The summed E-state index contributed by atoms with van der Waals surface area (Å²) in [7, 11) is 0.0259. The van der Waals surface area contributed by atoms with Crippen molar-refractivity contribution in [1.82, 2.24) is 14.3 Å². The molecule has 29 heavy (non-hydrogen) atoms. The van der Waals surface area contributed by atoms with Crippen molar-refractivity contribution >= 4 is 15.8 Å². The summed E-state index contributed by atoms with van der Waals surface area (Å²) < 4.78 is 40.7. The van der Waals surface area contributed by atoms with Gasteiger partial charge in [-0.2, -0.15) is 4.31 Å². The van der Waals surface area contributed by atoms with Gasteiger partial charge in [0.2, 0.25) is 10.0 Å². The fourth-order valence-electron chi connectivity index (χ4n) is 3.42. The van der Waals surface area contributed by atoms with E-state index in [0.29, 0.717) is 24.6 Å². The highest BCUT2D eigenvalue weighted by Crippen LogP contribution is 2.31. The molecule has 0 saturated heterocycles. The zero-order valence-electron chi connectivity index (χ0n) is 16.2. The third-order valence-corrected chi connectivity index (χ3v) is 6.77. The van der Waals surface area contributed by atoms with Crippen molar-refractivity contribution < 1.29 is 12.8 Å². The van der Waals surface area contributed by atoms with E-state index < -0.39 is 15.8 Å². The summed E-state index contributed by atoms with van der Waals surface area (Å²) in [6.07, 6.45) is 0.485. The lowest BCUT2D eigenvalue weighted by molar-refractivity contribution is 0.387. The lowest BCUT2D eigenvalue weighted by atomic mass is 10.1. The topological polar surface area (TPSA) is 66.4 Å². The number of sulfonamides is 1. The van der Waals surface area contributed by atoms with E-state index >= 15 is 0 Å². The molecule has 0 bridgehead atoms. The van der Waals surface area contributed by atoms with Crippen LogP contribution in [-0.2, 0) is 23.0 Å². The molecule has 4 rings (SSSR count). The van der Waals surface area contributed by atoms with Crippen molar-refractivity contribution in [3.8, 4) is 11.4 Å². The summed E-state index contributed by atoms with van der Waals surface area (Å²) in [4.78, 5) is 11.4. The van der Waals surface area contributed by atoms with Gasteiger partial charge < -0.3 is 4.90 Å². The Morgan fingerprint density at radius 1 is 1.00 bits per heavy atom. The molecule has 6 nitrogen and oxygen atoms in total. The first kappa shape index (κ1) is 19.5. The number of hydrogen-bond acceptors (Lipinski definition) is 5. The van der Waals surface area contributed by atoms with Crippen LogP contribution >= 0.6 is 0 Å². The first-order valence-corrected chi connectivity index (χ1v) is 10.7. The monoisotopic (exact) mass is 412 g/mol. The Balaban J connectivity index is 1.73. The second kappa shape index (κ2) is 7.53. The quantitative estimate of drug-likeness (QED) is 0.659. The van der Waals surface area contributed by atoms with E-state index in [1.54, 1.807) is 0 Å². The molecule has 0 radical (unpaired) electrons. The highest BCUT2D eigenvalue weighted by atomic mass is 32.2. The van der Waals surface area contributed by atoms with Gasteiger partial charge in [-0.15, -0.1) is 0 Å². The smallest absolute Gasteiger partial charge is 0.243 e. The van der Waals surface area contributed by atoms with Crippen LogP contribution in [0.1, 0.15) is 11.3 Å². The minimum atomic E-state index is -3.73. The number of fused-ring (bicyclic) bond motifs is 1. The fraction of sp³-hybridized carbons (Fsp3) is 0.238.